The average Bonchev–Trinajstić information content (AvgIpc) is 1.81. The van der Waals surface area contributed by atoms with Crippen molar-refractivity contribution in [1.82, 2.24) is 0 Å². The van der Waals surface area contributed by atoms with Gasteiger partial charge in [-0.05, 0) is 20.3 Å². The zero-order valence-electron chi connectivity index (χ0n) is 7.26. The lowest BCUT2D eigenvalue weighted by Gasteiger charge is -2.26. The Hall–Kier alpha value is -0.210. The fraction of sp³-hybridized carbons (Fsp3) is 1.00. The standard InChI is InChI=1S/C8H15F3/c1-4-5-6-8(10,11)7(2,3)9/h4-6H2,1-3H3. The molecule has 0 aromatic rings. The van der Waals surface area contributed by atoms with Crippen LogP contribution in [0.5, 0.6) is 0 Å². The maximum absolute atomic E-state index is 12.7. The maximum atomic E-state index is 12.7. The summed E-state index contributed by atoms with van der Waals surface area (Å²) in [5.74, 6) is -3.18. The monoisotopic (exact) mass is 168 g/mol. The predicted octanol–water partition coefficient (Wildman–Crippen LogP) is 3.56. The van der Waals surface area contributed by atoms with E-state index in [2.05, 4.69) is 0 Å². The summed E-state index contributed by atoms with van der Waals surface area (Å²) >= 11 is 0. The molecular formula is C8H15F3. The molecule has 0 saturated heterocycles. The van der Waals surface area contributed by atoms with Crippen LogP contribution in [0.2, 0.25) is 0 Å². The van der Waals surface area contributed by atoms with Crippen molar-refractivity contribution in [3.63, 3.8) is 0 Å². The molecule has 0 saturated carbocycles. The van der Waals surface area contributed by atoms with Crippen LogP contribution in [-0.4, -0.2) is 11.6 Å². The lowest BCUT2D eigenvalue weighted by molar-refractivity contribution is -0.125. The molecule has 0 rings (SSSR count). The van der Waals surface area contributed by atoms with Gasteiger partial charge in [-0.15, -0.1) is 0 Å². The maximum Gasteiger partial charge on any atom is 0.280 e. The van der Waals surface area contributed by atoms with E-state index in [0.29, 0.717) is 12.8 Å². The van der Waals surface area contributed by atoms with Gasteiger partial charge in [0.05, 0.1) is 0 Å². The number of hydrogen-bond donors (Lipinski definition) is 0. The highest BCUT2D eigenvalue weighted by Gasteiger charge is 2.46. The Morgan fingerprint density at radius 3 is 1.82 bits per heavy atom. The third kappa shape index (κ3) is 3.12. The Kier molecular flexibility index (Phi) is 3.39. The molecule has 3 heteroatoms. The minimum atomic E-state index is -3.18. The van der Waals surface area contributed by atoms with E-state index in [1.165, 1.54) is 0 Å². The third-order valence-corrected chi connectivity index (χ3v) is 1.71. The van der Waals surface area contributed by atoms with Crippen LogP contribution in [0.1, 0.15) is 40.0 Å². The number of alkyl halides is 3. The van der Waals surface area contributed by atoms with Crippen LogP contribution in [0.4, 0.5) is 13.2 Å². The molecule has 68 valence electrons. The molecule has 0 fully saturated rings. The van der Waals surface area contributed by atoms with Gasteiger partial charge in [0.2, 0.25) is 0 Å². The van der Waals surface area contributed by atoms with Gasteiger partial charge in [-0.25, -0.2) is 13.2 Å². The fourth-order valence-corrected chi connectivity index (χ4v) is 0.696. The van der Waals surface area contributed by atoms with Crippen LogP contribution in [0, 0.1) is 0 Å². The first kappa shape index (κ1) is 10.8. The molecule has 0 atom stereocenters. The minimum Gasteiger partial charge on any atom is -0.238 e. The van der Waals surface area contributed by atoms with E-state index in [0.717, 1.165) is 13.8 Å². The van der Waals surface area contributed by atoms with Gasteiger partial charge in [-0.2, -0.15) is 0 Å². The summed E-state index contributed by atoms with van der Waals surface area (Å²) in [6, 6.07) is 0. The summed E-state index contributed by atoms with van der Waals surface area (Å²) in [5.41, 5.74) is -2.39. The van der Waals surface area contributed by atoms with Crippen LogP contribution in [0.3, 0.4) is 0 Å². The molecule has 11 heavy (non-hydrogen) atoms. The first-order valence-corrected chi connectivity index (χ1v) is 3.88. The zero-order valence-corrected chi connectivity index (χ0v) is 7.26. The van der Waals surface area contributed by atoms with Crippen molar-refractivity contribution in [2.24, 2.45) is 0 Å². The zero-order chi connectivity index (χ0) is 9.12. The summed E-state index contributed by atoms with van der Waals surface area (Å²) < 4.78 is 38.2. The molecule has 0 aromatic heterocycles. The number of hydrogen-bond acceptors (Lipinski definition) is 0. The number of rotatable bonds is 4. The van der Waals surface area contributed by atoms with E-state index in [1.807, 2.05) is 0 Å². The molecule has 0 heterocycles. The van der Waals surface area contributed by atoms with Crippen molar-refractivity contribution < 1.29 is 13.2 Å². The van der Waals surface area contributed by atoms with Crippen LogP contribution < -0.4 is 0 Å². The second kappa shape index (κ2) is 3.46. The summed E-state index contributed by atoms with van der Waals surface area (Å²) in [6.45, 7) is 3.65. The highest BCUT2D eigenvalue weighted by molar-refractivity contribution is 4.84. The SMILES string of the molecule is CCCCC(F)(F)C(C)(C)F. The van der Waals surface area contributed by atoms with Crippen molar-refractivity contribution in [2.75, 3.05) is 0 Å². The molecule has 0 nitrogen and oxygen atoms in total. The molecule has 0 amide bonds. The first-order chi connectivity index (χ1) is 4.81. The molecule has 0 unspecified atom stereocenters. The molecule has 0 aliphatic carbocycles. The normalized spacial score (nSPS) is 13.6. The fourth-order valence-electron chi connectivity index (χ4n) is 0.696. The van der Waals surface area contributed by atoms with Gasteiger partial charge in [0, 0.05) is 6.42 Å². The highest BCUT2D eigenvalue weighted by Crippen LogP contribution is 2.35. The molecule has 0 radical (unpaired) electrons. The lowest BCUT2D eigenvalue weighted by atomic mass is 9.97. The Balaban J connectivity index is 4.00. The van der Waals surface area contributed by atoms with Gasteiger partial charge in [0.1, 0.15) is 0 Å². The minimum absolute atomic E-state index is 0.354. The van der Waals surface area contributed by atoms with Crippen molar-refractivity contribution in [2.45, 2.75) is 51.6 Å². The summed E-state index contributed by atoms with van der Waals surface area (Å²) in [6.07, 6.45) is 0.693. The van der Waals surface area contributed by atoms with E-state index in [4.69, 9.17) is 0 Å². The molecular weight excluding hydrogens is 153 g/mol. The molecule has 0 aliphatic rings. The third-order valence-electron chi connectivity index (χ3n) is 1.71. The molecule has 0 N–H and O–H groups in total. The number of unbranched alkanes of at least 4 members (excludes halogenated alkanes) is 1. The van der Waals surface area contributed by atoms with Crippen LogP contribution >= 0.6 is 0 Å². The van der Waals surface area contributed by atoms with Crippen molar-refractivity contribution in [3.8, 4) is 0 Å². The van der Waals surface area contributed by atoms with Gasteiger partial charge in [-0.1, -0.05) is 13.3 Å². The Bertz CT molecular complexity index is 113. The van der Waals surface area contributed by atoms with Gasteiger partial charge in [-0.3, -0.25) is 0 Å². The predicted molar refractivity (Wildman–Crippen MR) is 39.7 cm³/mol. The van der Waals surface area contributed by atoms with Crippen molar-refractivity contribution in [3.05, 3.63) is 0 Å². The van der Waals surface area contributed by atoms with Gasteiger partial charge in [0.25, 0.3) is 5.92 Å². The van der Waals surface area contributed by atoms with Crippen LogP contribution in [-0.2, 0) is 0 Å². The lowest BCUT2D eigenvalue weighted by Crippen LogP contribution is -2.38. The summed E-state index contributed by atoms with van der Waals surface area (Å²) in [4.78, 5) is 0. The van der Waals surface area contributed by atoms with E-state index in [9.17, 15) is 13.2 Å². The second-order valence-corrected chi connectivity index (χ2v) is 3.28. The second-order valence-electron chi connectivity index (χ2n) is 3.28. The van der Waals surface area contributed by atoms with Crippen molar-refractivity contribution >= 4 is 0 Å². The van der Waals surface area contributed by atoms with E-state index >= 15 is 0 Å². The largest absolute Gasteiger partial charge is 0.280 e. The quantitative estimate of drug-likeness (QED) is 0.602. The smallest absolute Gasteiger partial charge is 0.238 e. The molecule has 0 spiro atoms. The highest BCUT2D eigenvalue weighted by atomic mass is 19.3. The topological polar surface area (TPSA) is 0 Å². The van der Waals surface area contributed by atoms with E-state index < -0.39 is 11.6 Å². The molecule has 0 aliphatic heterocycles. The average molecular weight is 168 g/mol. The summed E-state index contributed by atoms with van der Waals surface area (Å²) in [7, 11) is 0. The Labute approximate surface area is 65.8 Å². The van der Waals surface area contributed by atoms with Crippen LogP contribution in [0.25, 0.3) is 0 Å². The van der Waals surface area contributed by atoms with Gasteiger partial charge >= 0.3 is 0 Å². The molecule has 0 bridgehead atoms. The van der Waals surface area contributed by atoms with Crippen molar-refractivity contribution in [1.29, 1.82) is 0 Å². The first-order valence-electron chi connectivity index (χ1n) is 3.88. The summed E-state index contributed by atoms with van der Waals surface area (Å²) in [5, 5.41) is 0. The van der Waals surface area contributed by atoms with Crippen LogP contribution in [0.15, 0.2) is 0 Å². The number of halogens is 3. The van der Waals surface area contributed by atoms with Gasteiger partial charge in [0.15, 0.2) is 5.67 Å². The molecule has 0 aromatic carbocycles. The van der Waals surface area contributed by atoms with E-state index in [-0.39, 0.29) is 6.42 Å². The Morgan fingerprint density at radius 2 is 1.55 bits per heavy atom. The van der Waals surface area contributed by atoms with E-state index in [1.54, 1.807) is 6.92 Å². The Morgan fingerprint density at radius 1 is 1.09 bits per heavy atom. The van der Waals surface area contributed by atoms with Gasteiger partial charge < -0.3 is 0 Å².